The molecule has 0 radical (unpaired) electrons. The molecule has 0 aliphatic rings. The molecule has 6 nitrogen and oxygen atoms in total. The second kappa shape index (κ2) is 6.18. The summed E-state index contributed by atoms with van der Waals surface area (Å²) >= 11 is 0. The predicted octanol–water partition coefficient (Wildman–Crippen LogP) is 2.68. The van der Waals surface area contributed by atoms with Gasteiger partial charge in [0, 0.05) is 11.8 Å². The fourth-order valence-electron chi connectivity index (χ4n) is 1.85. The number of rotatable bonds is 5. The molecule has 0 aliphatic carbocycles. The van der Waals surface area contributed by atoms with Crippen molar-refractivity contribution in [2.75, 3.05) is 0 Å². The van der Waals surface area contributed by atoms with Crippen LogP contribution in [0.2, 0.25) is 0 Å². The predicted molar refractivity (Wildman–Crippen MR) is 78.7 cm³/mol. The molecular formula is C15H16N4O2. The van der Waals surface area contributed by atoms with E-state index in [-0.39, 0.29) is 17.6 Å². The van der Waals surface area contributed by atoms with E-state index < -0.39 is 0 Å². The molecular weight excluding hydrogens is 268 g/mol. The Balaban J connectivity index is 2.32. The van der Waals surface area contributed by atoms with E-state index in [0.29, 0.717) is 23.5 Å². The lowest BCUT2D eigenvalue weighted by molar-refractivity contribution is -0.113. The van der Waals surface area contributed by atoms with E-state index in [1.165, 1.54) is 6.92 Å². The van der Waals surface area contributed by atoms with Crippen molar-refractivity contribution < 1.29 is 9.53 Å². The van der Waals surface area contributed by atoms with Crippen molar-refractivity contribution >= 4 is 16.9 Å². The van der Waals surface area contributed by atoms with Crippen LogP contribution in [0.1, 0.15) is 26.3 Å². The monoisotopic (exact) mass is 284 g/mol. The number of nitrogens with zero attached hydrogens (tertiary/aromatic N) is 3. The highest BCUT2D eigenvalue weighted by Gasteiger charge is 2.09. The quantitative estimate of drug-likeness (QED) is 0.676. The highest BCUT2D eigenvalue weighted by molar-refractivity contribution is 5.95. The number of hydrogen-bond donors (Lipinski definition) is 1. The molecule has 0 spiro atoms. The van der Waals surface area contributed by atoms with Crippen LogP contribution in [0.15, 0.2) is 24.2 Å². The first-order chi connectivity index (χ1) is 10.0. The highest BCUT2D eigenvalue weighted by Crippen LogP contribution is 2.19. The summed E-state index contributed by atoms with van der Waals surface area (Å²) in [5, 5.41) is 0. The summed E-state index contributed by atoms with van der Waals surface area (Å²) in [6.07, 6.45) is 5.42. The maximum Gasteiger partial charge on any atom is 0.233 e. The molecule has 0 atom stereocenters. The molecule has 0 bridgehead atoms. The minimum absolute atomic E-state index is 0.0190. The van der Waals surface area contributed by atoms with Crippen molar-refractivity contribution in [3.8, 4) is 5.88 Å². The van der Waals surface area contributed by atoms with Gasteiger partial charge in [-0.05, 0) is 27.2 Å². The van der Waals surface area contributed by atoms with Crippen LogP contribution >= 0.6 is 0 Å². The number of ether oxygens (including phenoxy) is 1. The van der Waals surface area contributed by atoms with Gasteiger partial charge in [0.25, 0.3) is 0 Å². The topological polar surface area (TPSA) is 72.2 Å². The number of carbonyl (C=O) groups excluding carboxylic acids is 1. The molecule has 0 saturated carbocycles. The number of allylic oxidation sites excluding steroid dienone is 2. The number of nitrogens with one attached hydrogen (secondary N) is 1. The minimum atomic E-state index is -0.236. The largest absolute Gasteiger partial charge is 0.474 e. The maximum atomic E-state index is 11.2. The Labute approximate surface area is 122 Å². The molecule has 0 aromatic carbocycles. The minimum Gasteiger partial charge on any atom is -0.474 e. The van der Waals surface area contributed by atoms with Crippen LogP contribution in [0.25, 0.3) is 16.0 Å². The molecule has 0 aliphatic heterocycles. The number of aromatic nitrogens is 3. The zero-order valence-electron chi connectivity index (χ0n) is 12.2. The third-order valence-electron chi connectivity index (χ3n) is 2.79. The first-order valence-corrected chi connectivity index (χ1v) is 6.59. The molecule has 6 heteroatoms. The molecule has 2 aromatic heterocycles. The summed E-state index contributed by atoms with van der Waals surface area (Å²) in [4.78, 5) is 26.1. The Morgan fingerprint density at radius 3 is 2.95 bits per heavy atom. The Morgan fingerprint density at radius 2 is 2.33 bits per heavy atom. The van der Waals surface area contributed by atoms with E-state index in [9.17, 15) is 4.79 Å². The number of fused-ring (bicyclic) bond motifs is 1. The van der Waals surface area contributed by atoms with E-state index in [0.717, 1.165) is 5.56 Å². The fourth-order valence-corrected chi connectivity index (χ4v) is 1.85. The van der Waals surface area contributed by atoms with E-state index in [1.807, 2.05) is 13.8 Å². The molecule has 1 N–H and O–H groups in total. The Kier molecular flexibility index (Phi) is 4.33. The number of aromatic amines is 1. The van der Waals surface area contributed by atoms with Gasteiger partial charge in [-0.25, -0.2) is 14.8 Å². The van der Waals surface area contributed by atoms with Crippen LogP contribution in [0, 0.1) is 6.57 Å². The van der Waals surface area contributed by atoms with Crippen LogP contribution in [0.5, 0.6) is 5.88 Å². The molecule has 108 valence electrons. The fraction of sp³-hybridized carbons (Fsp3) is 0.333. The van der Waals surface area contributed by atoms with Crippen molar-refractivity contribution in [1.82, 2.24) is 15.0 Å². The van der Waals surface area contributed by atoms with Gasteiger partial charge in [0.1, 0.15) is 5.52 Å². The summed E-state index contributed by atoms with van der Waals surface area (Å²) in [5.41, 5.74) is 2.35. The Hall–Kier alpha value is -2.68. The molecule has 2 rings (SSSR count). The van der Waals surface area contributed by atoms with Gasteiger partial charge >= 0.3 is 0 Å². The van der Waals surface area contributed by atoms with Gasteiger partial charge in [-0.2, -0.15) is 0 Å². The van der Waals surface area contributed by atoms with E-state index in [1.54, 1.807) is 18.5 Å². The first-order valence-electron chi connectivity index (χ1n) is 6.59. The maximum absolute atomic E-state index is 11.2. The Bertz CT molecular complexity index is 738. The average molecular weight is 284 g/mol. The zero-order valence-corrected chi connectivity index (χ0v) is 12.2. The van der Waals surface area contributed by atoms with Gasteiger partial charge in [-0.1, -0.05) is 6.08 Å². The van der Waals surface area contributed by atoms with Gasteiger partial charge < -0.3 is 14.5 Å². The van der Waals surface area contributed by atoms with Gasteiger partial charge in [-0.3, -0.25) is 0 Å². The van der Waals surface area contributed by atoms with Crippen LogP contribution < -0.4 is 4.74 Å². The van der Waals surface area contributed by atoms with Crippen LogP contribution in [-0.2, 0) is 11.2 Å². The lowest BCUT2D eigenvalue weighted by Crippen LogP contribution is -2.07. The van der Waals surface area contributed by atoms with Crippen molar-refractivity contribution in [1.29, 1.82) is 0 Å². The van der Waals surface area contributed by atoms with Gasteiger partial charge in [-0.15, -0.1) is 0 Å². The second-order valence-electron chi connectivity index (χ2n) is 4.85. The molecule has 0 unspecified atom stereocenters. The van der Waals surface area contributed by atoms with E-state index in [2.05, 4.69) is 19.8 Å². The molecule has 21 heavy (non-hydrogen) atoms. The summed E-state index contributed by atoms with van der Waals surface area (Å²) in [6.45, 7) is 12.2. The lowest BCUT2D eigenvalue weighted by atomic mass is 10.2. The number of ketones is 1. The van der Waals surface area contributed by atoms with E-state index >= 15 is 0 Å². The van der Waals surface area contributed by atoms with Crippen molar-refractivity contribution in [2.45, 2.75) is 33.3 Å². The summed E-state index contributed by atoms with van der Waals surface area (Å²) in [6, 6.07) is 0. The number of hydrogen-bond acceptors (Lipinski definition) is 4. The molecule has 0 fully saturated rings. The number of H-pyrrole nitrogens is 1. The zero-order chi connectivity index (χ0) is 15.4. The van der Waals surface area contributed by atoms with Gasteiger partial charge in [0.05, 0.1) is 18.9 Å². The SMILES string of the molecule is [C-]#[N+]/C(=C\Cc1c[nH]c2ncc(OC(C)C)nc12)C(C)=O. The summed E-state index contributed by atoms with van der Waals surface area (Å²) < 4.78 is 5.53. The van der Waals surface area contributed by atoms with Crippen molar-refractivity contribution in [3.63, 3.8) is 0 Å². The standard InChI is InChI=1S/C15H16N4O2/c1-9(2)21-13-8-18-15-14(19-13)11(7-17-15)5-6-12(16-4)10(3)20/h6-9H,5H2,1-3H3,(H,17,18)/b12-6-. The Morgan fingerprint density at radius 1 is 1.57 bits per heavy atom. The number of Topliss-reactive ketones (excluding diaryl/α,β-unsaturated/α-hetero) is 1. The van der Waals surface area contributed by atoms with Crippen LogP contribution in [0.4, 0.5) is 0 Å². The summed E-state index contributed by atoms with van der Waals surface area (Å²) in [5.74, 6) is 0.221. The van der Waals surface area contributed by atoms with Crippen molar-refractivity contribution in [2.24, 2.45) is 0 Å². The molecule has 0 amide bonds. The third-order valence-corrected chi connectivity index (χ3v) is 2.79. The summed E-state index contributed by atoms with van der Waals surface area (Å²) in [7, 11) is 0. The van der Waals surface area contributed by atoms with Gasteiger partial charge in [0.2, 0.25) is 11.6 Å². The third kappa shape index (κ3) is 3.45. The van der Waals surface area contributed by atoms with Crippen LogP contribution in [-0.4, -0.2) is 26.8 Å². The average Bonchev–Trinajstić information content (AvgIpc) is 2.81. The van der Waals surface area contributed by atoms with Crippen molar-refractivity contribution in [3.05, 3.63) is 41.1 Å². The molecule has 2 heterocycles. The smallest absolute Gasteiger partial charge is 0.233 e. The van der Waals surface area contributed by atoms with Crippen LogP contribution in [0.3, 0.4) is 0 Å². The highest BCUT2D eigenvalue weighted by atomic mass is 16.5. The molecule has 2 aromatic rings. The number of carbonyl (C=O) groups is 1. The molecule has 0 saturated heterocycles. The lowest BCUT2D eigenvalue weighted by Gasteiger charge is -2.07. The first kappa shape index (κ1) is 14.7. The van der Waals surface area contributed by atoms with Gasteiger partial charge in [0.15, 0.2) is 11.4 Å². The normalized spacial score (nSPS) is 11.7. The van der Waals surface area contributed by atoms with E-state index in [4.69, 9.17) is 11.3 Å². The second-order valence-corrected chi connectivity index (χ2v) is 4.85.